The van der Waals surface area contributed by atoms with Crippen molar-refractivity contribution in [3.8, 4) is 28.7 Å². The molecule has 0 bridgehead atoms. The number of carbonyl (C=O) groups excluding carboxylic acids is 1. The Hall–Kier alpha value is -5.65. The summed E-state index contributed by atoms with van der Waals surface area (Å²) in [5.41, 5.74) is 3.72. The first-order valence-corrected chi connectivity index (χ1v) is 16.5. The van der Waals surface area contributed by atoms with Gasteiger partial charge in [-0.15, -0.1) is 10.2 Å². The Labute approximate surface area is 278 Å². The first kappa shape index (κ1) is 30.0. The fourth-order valence-electron chi connectivity index (χ4n) is 4.88. The minimum atomic E-state index is -3.98. The summed E-state index contributed by atoms with van der Waals surface area (Å²) in [5, 5.41) is 8.39. The van der Waals surface area contributed by atoms with Crippen molar-refractivity contribution in [2.45, 2.75) is 4.90 Å². The van der Waals surface area contributed by atoms with Gasteiger partial charge in [-0.3, -0.25) is 9.69 Å². The summed E-state index contributed by atoms with van der Waals surface area (Å²) in [6.45, 7) is 0. The smallest absolute Gasteiger partial charge is 0.339 e. The Morgan fingerprint density at radius 3 is 1.87 bits per heavy atom. The quantitative estimate of drug-likeness (QED) is 0.118. The van der Waals surface area contributed by atoms with Crippen LogP contribution in [0, 0.1) is 0 Å². The third-order valence-electron chi connectivity index (χ3n) is 7.20. The zero-order valence-electron chi connectivity index (χ0n) is 24.4. The number of halogens is 1. The average molecular weight is 704 g/mol. The molecule has 0 radical (unpaired) electrons. The summed E-state index contributed by atoms with van der Waals surface area (Å²) in [4.78, 5) is 20.2. The number of anilines is 1. The molecule has 9 nitrogen and oxygen atoms in total. The van der Waals surface area contributed by atoms with Gasteiger partial charge in [0.05, 0.1) is 5.69 Å². The molecule has 230 valence electrons. The monoisotopic (exact) mass is 702 g/mol. The number of amidine groups is 1. The van der Waals surface area contributed by atoms with Crippen molar-refractivity contribution < 1.29 is 21.8 Å². The van der Waals surface area contributed by atoms with Crippen LogP contribution < -0.4 is 9.08 Å². The Balaban J connectivity index is 1.15. The number of hydrogen-bond acceptors (Lipinski definition) is 8. The van der Waals surface area contributed by atoms with Crippen molar-refractivity contribution in [3.05, 3.63) is 155 Å². The minimum absolute atomic E-state index is 0.0567. The summed E-state index contributed by atoms with van der Waals surface area (Å²) < 4.78 is 37.4. The molecule has 0 saturated carbocycles. The molecule has 0 unspecified atom stereocenters. The molecule has 1 amide bonds. The number of carbonyl (C=O) groups is 1. The minimum Gasteiger partial charge on any atom is -0.416 e. The fraction of sp³-hybridized carbons (Fsp3) is 0. The number of benzene rings is 5. The lowest BCUT2D eigenvalue weighted by atomic mass is 10.1. The number of hydrogen-bond donors (Lipinski definition) is 0. The maximum Gasteiger partial charge on any atom is 0.339 e. The van der Waals surface area contributed by atoms with Crippen LogP contribution in [0.4, 0.5) is 5.69 Å². The van der Waals surface area contributed by atoms with Crippen molar-refractivity contribution in [3.63, 3.8) is 0 Å². The van der Waals surface area contributed by atoms with Crippen LogP contribution in [-0.4, -0.2) is 30.4 Å². The van der Waals surface area contributed by atoms with Crippen molar-refractivity contribution in [1.29, 1.82) is 0 Å². The molecule has 0 atom stereocenters. The van der Waals surface area contributed by atoms with Crippen molar-refractivity contribution in [1.82, 2.24) is 10.2 Å². The van der Waals surface area contributed by atoms with Crippen molar-refractivity contribution >= 4 is 49.6 Å². The number of aliphatic imine (C=N–C) groups is 1. The second-order valence-corrected chi connectivity index (χ2v) is 12.8. The molecule has 5 aromatic carbocycles. The SMILES string of the molecule is O=C1/C(=C/c2ccc(OS(=O)(=O)c3ccccc3)cc2)N=C(c2ccccc2)N1c1ccc(-c2nnc(-c3ccc(Br)cc3)o2)cc1. The van der Waals surface area contributed by atoms with E-state index < -0.39 is 10.1 Å². The van der Waals surface area contributed by atoms with Crippen LogP contribution in [0.1, 0.15) is 11.1 Å². The van der Waals surface area contributed by atoms with Crippen LogP contribution in [0.2, 0.25) is 0 Å². The van der Waals surface area contributed by atoms with Gasteiger partial charge in [-0.1, -0.05) is 76.6 Å². The lowest BCUT2D eigenvalue weighted by Crippen LogP contribution is -2.32. The molecule has 1 aliphatic rings. The van der Waals surface area contributed by atoms with E-state index in [9.17, 15) is 13.2 Å². The molecule has 11 heteroatoms. The Morgan fingerprint density at radius 1 is 0.681 bits per heavy atom. The number of nitrogens with zero attached hydrogens (tertiary/aromatic N) is 4. The zero-order chi connectivity index (χ0) is 32.4. The van der Waals surface area contributed by atoms with Gasteiger partial charge in [0.1, 0.15) is 22.2 Å². The standard InChI is InChI=1S/C36H23BrN4O5S/c37-28-17-13-26(14-18-28)34-39-40-35(45-34)27-15-19-29(20-16-27)41-33(25-7-3-1-4-8-25)38-32(36(41)42)23-24-11-21-30(22-12-24)46-47(43,44)31-9-5-2-6-10-31/h1-23H/b32-23-. The van der Waals surface area contributed by atoms with E-state index >= 15 is 0 Å². The van der Waals surface area contributed by atoms with E-state index in [0.29, 0.717) is 34.4 Å². The Kier molecular flexibility index (Phi) is 8.07. The summed E-state index contributed by atoms with van der Waals surface area (Å²) >= 11 is 3.43. The predicted molar refractivity (Wildman–Crippen MR) is 182 cm³/mol. The molecular weight excluding hydrogens is 680 g/mol. The van der Waals surface area contributed by atoms with Gasteiger partial charge in [0.15, 0.2) is 0 Å². The summed E-state index contributed by atoms with van der Waals surface area (Å²) in [7, 11) is -3.98. The van der Waals surface area contributed by atoms with E-state index in [2.05, 4.69) is 26.1 Å². The third kappa shape index (κ3) is 6.39. The van der Waals surface area contributed by atoms with Crippen LogP contribution >= 0.6 is 15.9 Å². The lowest BCUT2D eigenvalue weighted by Gasteiger charge is -2.18. The number of amides is 1. The fourth-order valence-corrected chi connectivity index (χ4v) is 6.09. The van der Waals surface area contributed by atoms with E-state index in [1.165, 1.54) is 24.3 Å². The molecule has 47 heavy (non-hydrogen) atoms. The topological polar surface area (TPSA) is 115 Å². The van der Waals surface area contributed by atoms with Crippen LogP contribution in [0.15, 0.2) is 158 Å². The summed E-state index contributed by atoms with van der Waals surface area (Å²) in [5.74, 6) is 1.05. The van der Waals surface area contributed by atoms with E-state index in [-0.39, 0.29) is 22.2 Å². The van der Waals surface area contributed by atoms with Crippen LogP contribution in [-0.2, 0) is 14.9 Å². The summed E-state index contributed by atoms with van der Waals surface area (Å²) in [6.07, 6.45) is 1.65. The predicted octanol–water partition coefficient (Wildman–Crippen LogP) is 7.77. The number of aromatic nitrogens is 2. The van der Waals surface area contributed by atoms with E-state index in [0.717, 1.165) is 15.6 Å². The molecule has 0 fully saturated rings. The first-order valence-electron chi connectivity index (χ1n) is 14.3. The highest BCUT2D eigenvalue weighted by Crippen LogP contribution is 2.31. The van der Waals surface area contributed by atoms with Gasteiger partial charge < -0.3 is 8.60 Å². The Morgan fingerprint density at radius 2 is 1.26 bits per heavy atom. The molecule has 7 rings (SSSR count). The lowest BCUT2D eigenvalue weighted by molar-refractivity contribution is -0.113. The highest BCUT2D eigenvalue weighted by molar-refractivity contribution is 9.10. The van der Waals surface area contributed by atoms with Crippen molar-refractivity contribution in [2.75, 3.05) is 4.90 Å². The van der Waals surface area contributed by atoms with Gasteiger partial charge in [0, 0.05) is 21.2 Å². The molecule has 6 aromatic rings. The van der Waals surface area contributed by atoms with Gasteiger partial charge >= 0.3 is 10.1 Å². The van der Waals surface area contributed by atoms with Crippen molar-refractivity contribution in [2.24, 2.45) is 4.99 Å². The maximum atomic E-state index is 13.8. The first-order chi connectivity index (χ1) is 22.8. The van der Waals surface area contributed by atoms with Gasteiger partial charge in [-0.25, -0.2) is 4.99 Å². The van der Waals surface area contributed by atoms with Gasteiger partial charge in [0.25, 0.3) is 5.91 Å². The normalized spacial score (nSPS) is 14.0. The highest BCUT2D eigenvalue weighted by atomic mass is 79.9. The second-order valence-electron chi connectivity index (χ2n) is 10.4. The molecule has 1 aromatic heterocycles. The molecule has 0 spiro atoms. The zero-order valence-corrected chi connectivity index (χ0v) is 26.8. The highest BCUT2D eigenvalue weighted by Gasteiger charge is 2.32. The van der Waals surface area contributed by atoms with Crippen LogP contribution in [0.25, 0.3) is 29.0 Å². The van der Waals surface area contributed by atoms with E-state index in [1.54, 1.807) is 53.4 Å². The average Bonchev–Trinajstić information content (AvgIpc) is 3.72. The number of rotatable bonds is 8. The molecular formula is C36H23BrN4O5S. The molecule has 0 saturated heterocycles. The molecule has 1 aliphatic heterocycles. The van der Waals surface area contributed by atoms with E-state index in [4.69, 9.17) is 13.6 Å². The summed E-state index contributed by atoms with van der Waals surface area (Å²) in [6, 6.07) is 38.5. The van der Waals surface area contributed by atoms with Gasteiger partial charge in [0.2, 0.25) is 11.8 Å². The third-order valence-corrected chi connectivity index (χ3v) is 8.99. The van der Waals surface area contributed by atoms with Crippen LogP contribution in [0.3, 0.4) is 0 Å². The molecule has 2 heterocycles. The largest absolute Gasteiger partial charge is 0.416 e. The van der Waals surface area contributed by atoms with E-state index in [1.807, 2.05) is 66.7 Å². The van der Waals surface area contributed by atoms with Crippen LogP contribution in [0.5, 0.6) is 5.75 Å². The van der Waals surface area contributed by atoms with Gasteiger partial charge in [-0.2, -0.15) is 8.42 Å². The molecule has 0 N–H and O–H groups in total. The Bertz CT molecular complexity index is 2240. The second kappa shape index (κ2) is 12.6. The van der Waals surface area contributed by atoms with Gasteiger partial charge in [-0.05, 0) is 84.4 Å². The maximum absolute atomic E-state index is 13.8. The molecule has 0 aliphatic carbocycles.